The number of aryl methyl sites for hydroxylation is 1. The first-order chi connectivity index (χ1) is 9.10. The Morgan fingerprint density at radius 1 is 1.21 bits per heavy atom. The molecule has 0 radical (unpaired) electrons. The minimum absolute atomic E-state index is 0.0116. The summed E-state index contributed by atoms with van der Waals surface area (Å²) < 4.78 is 14.5. The van der Waals surface area contributed by atoms with Crippen LogP contribution in [0.1, 0.15) is 25.5 Å². The molecule has 0 amide bonds. The highest BCUT2D eigenvalue weighted by molar-refractivity contribution is 5.43. The fourth-order valence-electron chi connectivity index (χ4n) is 1.95. The Kier molecular flexibility index (Phi) is 4.00. The summed E-state index contributed by atoms with van der Waals surface area (Å²) in [5.74, 6) is -0.240. The summed E-state index contributed by atoms with van der Waals surface area (Å²) in [6, 6.07) is 9.74. The number of nitrogens with zero attached hydrogens (tertiary/aromatic N) is 1. The molecule has 3 nitrogen and oxygen atoms in total. The highest BCUT2D eigenvalue weighted by Crippen LogP contribution is 2.18. The number of halogens is 1. The van der Waals surface area contributed by atoms with E-state index in [-0.39, 0.29) is 17.4 Å². The van der Waals surface area contributed by atoms with Crippen LogP contribution >= 0.6 is 0 Å². The number of hydrogen-bond acceptors (Lipinski definition) is 2. The first-order valence-electron chi connectivity index (χ1n) is 6.32. The molecular formula is C15H17FN2O. The van der Waals surface area contributed by atoms with Gasteiger partial charge in [-0.05, 0) is 37.6 Å². The molecule has 1 heterocycles. The fraction of sp³-hybridized carbons (Fsp3) is 0.267. The van der Waals surface area contributed by atoms with Crippen molar-refractivity contribution in [3.05, 3.63) is 64.3 Å². The maximum Gasteiger partial charge on any atom is 0.250 e. The summed E-state index contributed by atoms with van der Waals surface area (Å²) in [6.45, 7) is 4.56. The minimum Gasteiger partial charge on any atom is -0.377 e. The summed E-state index contributed by atoms with van der Waals surface area (Å²) in [6.07, 6.45) is 1.79. The molecular weight excluding hydrogens is 243 g/mol. The van der Waals surface area contributed by atoms with E-state index < -0.39 is 0 Å². The van der Waals surface area contributed by atoms with Crippen LogP contribution in [0.3, 0.4) is 0 Å². The quantitative estimate of drug-likeness (QED) is 0.916. The molecule has 0 aliphatic carbocycles. The van der Waals surface area contributed by atoms with Crippen molar-refractivity contribution in [2.45, 2.75) is 26.4 Å². The Morgan fingerprint density at radius 2 is 1.89 bits per heavy atom. The Balaban J connectivity index is 2.16. The first kappa shape index (κ1) is 13.3. The van der Waals surface area contributed by atoms with Gasteiger partial charge in [-0.25, -0.2) is 4.39 Å². The molecule has 1 atom stereocenters. The molecule has 0 aliphatic rings. The molecule has 0 spiro atoms. The zero-order valence-electron chi connectivity index (χ0n) is 11.1. The molecule has 0 saturated heterocycles. The molecule has 0 aliphatic heterocycles. The molecule has 1 aromatic heterocycles. The summed E-state index contributed by atoms with van der Waals surface area (Å²) in [5, 5.41) is 3.30. The van der Waals surface area contributed by atoms with Crippen molar-refractivity contribution in [1.29, 1.82) is 0 Å². The van der Waals surface area contributed by atoms with E-state index in [1.165, 1.54) is 12.1 Å². The van der Waals surface area contributed by atoms with Crippen LogP contribution in [0.2, 0.25) is 0 Å². The lowest BCUT2D eigenvalue weighted by Crippen LogP contribution is -2.18. The van der Waals surface area contributed by atoms with Crippen molar-refractivity contribution >= 4 is 5.69 Å². The molecule has 0 fully saturated rings. The van der Waals surface area contributed by atoms with Crippen LogP contribution < -0.4 is 10.9 Å². The van der Waals surface area contributed by atoms with Gasteiger partial charge in [0.1, 0.15) is 5.82 Å². The number of nitrogens with one attached hydrogen (secondary N) is 1. The third-order valence-corrected chi connectivity index (χ3v) is 3.08. The molecule has 0 bridgehead atoms. The predicted octanol–water partition coefficient (Wildman–Crippen LogP) is 3.18. The average molecular weight is 260 g/mol. The lowest BCUT2D eigenvalue weighted by molar-refractivity contribution is 0.626. The average Bonchev–Trinajstić information content (AvgIpc) is 2.41. The third-order valence-electron chi connectivity index (χ3n) is 3.08. The van der Waals surface area contributed by atoms with Crippen LogP contribution in [0.25, 0.3) is 0 Å². The minimum atomic E-state index is -0.240. The van der Waals surface area contributed by atoms with E-state index in [2.05, 4.69) is 5.32 Å². The lowest BCUT2D eigenvalue weighted by atomic mass is 10.1. The van der Waals surface area contributed by atoms with Gasteiger partial charge in [-0.2, -0.15) is 0 Å². The van der Waals surface area contributed by atoms with Gasteiger partial charge in [-0.15, -0.1) is 0 Å². The van der Waals surface area contributed by atoms with Crippen molar-refractivity contribution in [3.63, 3.8) is 0 Å². The van der Waals surface area contributed by atoms with Crippen molar-refractivity contribution in [1.82, 2.24) is 4.57 Å². The maximum atomic E-state index is 12.9. The number of benzene rings is 1. The highest BCUT2D eigenvalue weighted by Gasteiger charge is 2.06. The topological polar surface area (TPSA) is 34.0 Å². The van der Waals surface area contributed by atoms with Gasteiger partial charge in [0, 0.05) is 24.8 Å². The van der Waals surface area contributed by atoms with Gasteiger partial charge in [0.15, 0.2) is 0 Å². The third kappa shape index (κ3) is 3.22. The standard InChI is InChI=1S/C15H17FN2O/c1-3-18-10-14(8-9-15(18)19)17-11(2)12-4-6-13(16)7-5-12/h4-11,17H,3H2,1-2H3. The number of pyridine rings is 1. The maximum absolute atomic E-state index is 12.9. The van der Waals surface area contributed by atoms with Gasteiger partial charge in [-0.3, -0.25) is 4.79 Å². The van der Waals surface area contributed by atoms with Gasteiger partial charge in [0.25, 0.3) is 5.56 Å². The molecule has 1 unspecified atom stereocenters. The zero-order chi connectivity index (χ0) is 13.8. The summed E-state index contributed by atoms with van der Waals surface area (Å²) in [4.78, 5) is 11.5. The summed E-state index contributed by atoms with van der Waals surface area (Å²) in [5.41, 5.74) is 1.86. The molecule has 1 N–H and O–H groups in total. The molecule has 1 aromatic carbocycles. The summed E-state index contributed by atoms with van der Waals surface area (Å²) in [7, 11) is 0. The predicted molar refractivity (Wildman–Crippen MR) is 74.8 cm³/mol. The van der Waals surface area contributed by atoms with Crippen LogP contribution in [0, 0.1) is 5.82 Å². The van der Waals surface area contributed by atoms with Gasteiger partial charge in [0.2, 0.25) is 0 Å². The normalized spacial score (nSPS) is 12.2. The second-order valence-corrected chi connectivity index (χ2v) is 4.46. The van der Waals surface area contributed by atoms with E-state index in [0.717, 1.165) is 11.3 Å². The van der Waals surface area contributed by atoms with Crippen molar-refractivity contribution in [3.8, 4) is 0 Å². The van der Waals surface area contributed by atoms with E-state index in [1.807, 2.05) is 13.8 Å². The first-order valence-corrected chi connectivity index (χ1v) is 6.32. The Morgan fingerprint density at radius 3 is 2.53 bits per heavy atom. The van der Waals surface area contributed by atoms with Crippen LogP contribution in [0.15, 0.2) is 47.4 Å². The van der Waals surface area contributed by atoms with E-state index in [1.54, 1.807) is 35.0 Å². The van der Waals surface area contributed by atoms with Gasteiger partial charge in [0.05, 0.1) is 5.69 Å². The van der Waals surface area contributed by atoms with Crippen molar-refractivity contribution in [2.24, 2.45) is 0 Å². The van der Waals surface area contributed by atoms with E-state index >= 15 is 0 Å². The number of rotatable bonds is 4. The molecule has 4 heteroatoms. The number of aromatic nitrogens is 1. The van der Waals surface area contributed by atoms with Gasteiger partial charge in [-0.1, -0.05) is 12.1 Å². The number of hydrogen-bond donors (Lipinski definition) is 1. The second-order valence-electron chi connectivity index (χ2n) is 4.46. The summed E-state index contributed by atoms with van der Waals surface area (Å²) >= 11 is 0. The van der Waals surface area contributed by atoms with Crippen molar-refractivity contribution in [2.75, 3.05) is 5.32 Å². The fourth-order valence-corrected chi connectivity index (χ4v) is 1.95. The Labute approximate surface area is 111 Å². The second kappa shape index (κ2) is 5.69. The molecule has 0 saturated carbocycles. The molecule has 19 heavy (non-hydrogen) atoms. The van der Waals surface area contributed by atoms with Crippen LogP contribution in [-0.2, 0) is 6.54 Å². The van der Waals surface area contributed by atoms with Crippen molar-refractivity contribution < 1.29 is 4.39 Å². The van der Waals surface area contributed by atoms with E-state index in [9.17, 15) is 9.18 Å². The van der Waals surface area contributed by atoms with E-state index in [0.29, 0.717) is 6.54 Å². The molecule has 2 rings (SSSR count). The Bertz CT molecular complexity index is 604. The number of anilines is 1. The smallest absolute Gasteiger partial charge is 0.250 e. The van der Waals surface area contributed by atoms with Crippen LogP contribution in [0.5, 0.6) is 0 Å². The Hall–Kier alpha value is -2.10. The van der Waals surface area contributed by atoms with Gasteiger partial charge < -0.3 is 9.88 Å². The van der Waals surface area contributed by atoms with Gasteiger partial charge >= 0.3 is 0 Å². The SMILES string of the molecule is CCn1cc(NC(C)c2ccc(F)cc2)ccc1=O. The van der Waals surface area contributed by atoms with Crippen LogP contribution in [0.4, 0.5) is 10.1 Å². The highest BCUT2D eigenvalue weighted by atomic mass is 19.1. The zero-order valence-corrected chi connectivity index (χ0v) is 11.1. The largest absolute Gasteiger partial charge is 0.377 e. The molecule has 2 aromatic rings. The van der Waals surface area contributed by atoms with Crippen LogP contribution in [-0.4, -0.2) is 4.57 Å². The monoisotopic (exact) mass is 260 g/mol. The lowest BCUT2D eigenvalue weighted by Gasteiger charge is -2.16. The van der Waals surface area contributed by atoms with E-state index in [4.69, 9.17) is 0 Å². The molecule has 100 valence electrons.